The summed E-state index contributed by atoms with van der Waals surface area (Å²) in [6.07, 6.45) is -0.00216. The fourth-order valence-corrected chi connectivity index (χ4v) is 5.01. The van der Waals surface area contributed by atoms with Crippen molar-refractivity contribution in [3.05, 3.63) is 35.5 Å². The molecule has 1 aromatic heterocycles. The zero-order valence-corrected chi connectivity index (χ0v) is 20.9. The molecule has 1 fully saturated rings. The number of carbonyl (C=O) groups excluding carboxylic acids is 2. The Hall–Kier alpha value is -3.37. The van der Waals surface area contributed by atoms with E-state index < -0.39 is 23.9 Å². The predicted octanol–water partition coefficient (Wildman–Crippen LogP) is 4.44. The maximum absolute atomic E-state index is 13.3. The Balaban J connectivity index is 1.74. The Labute approximate surface area is 208 Å². The van der Waals surface area contributed by atoms with Gasteiger partial charge in [0.1, 0.15) is 5.69 Å². The van der Waals surface area contributed by atoms with E-state index in [0.717, 1.165) is 25.7 Å². The SMILES string of the molecule is CNC(=O)c1ccc(Nc2ncc3c(n2)N(C2CCCC2)CC(C)(C)C(=O)N3C)c(CC(F)(F)F)c1. The first kappa shape index (κ1) is 25.7. The quantitative estimate of drug-likeness (QED) is 0.626. The molecule has 0 spiro atoms. The van der Waals surface area contributed by atoms with E-state index in [0.29, 0.717) is 18.1 Å². The van der Waals surface area contributed by atoms with Crippen LogP contribution in [-0.4, -0.2) is 54.6 Å². The van der Waals surface area contributed by atoms with Crippen molar-refractivity contribution in [2.24, 2.45) is 5.41 Å². The van der Waals surface area contributed by atoms with Crippen molar-refractivity contribution >= 4 is 35.0 Å². The van der Waals surface area contributed by atoms with Crippen molar-refractivity contribution in [3.63, 3.8) is 0 Å². The van der Waals surface area contributed by atoms with Crippen LogP contribution in [0, 0.1) is 5.41 Å². The Morgan fingerprint density at radius 1 is 1.22 bits per heavy atom. The third-order valence-electron chi connectivity index (χ3n) is 6.83. The second-order valence-corrected chi connectivity index (χ2v) is 10.1. The van der Waals surface area contributed by atoms with Crippen molar-refractivity contribution in [3.8, 4) is 0 Å². The summed E-state index contributed by atoms with van der Waals surface area (Å²) in [6.45, 7) is 4.29. The summed E-state index contributed by atoms with van der Waals surface area (Å²) in [5, 5.41) is 5.35. The third-order valence-corrected chi connectivity index (χ3v) is 6.83. The first-order chi connectivity index (χ1) is 16.9. The number of anilines is 4. The highest BCUT2D eigenvalue weighted by Gasteiger charge is 2.41. The van der Waals surface area contributed by atoms with Gasteiger partial charge >= 0.3 is 6.18 Å². The highest BCUT2D eigenvalue weighted by atomic mass is 19.4. The first-order valence-electron chi connectivity index (χ1n) is 12.0. The van der Waals surface area contributed by atoms with Gasteiger partial charge in [-0.05, 0) is 50.5 Å². The standard InChI is InChI=1S/C25H31F3N6O2/c1-24(2)14-34(17-7-5-6-8-17)20-19(33(4)22(24)36)13-30-23(32-20)31-18-10-9-15(21(35)29-3)11-16(18)12-25(26,27)28/h9-11,13,17H,5-8,12,14H2,1-4H3,(H,29,35)(H,30,31,32). The van der Waals surface area contributed by atoms with Crippen LogP contribution in [0.2, 0.25) is 0 Å². The Morgan fingerprint density at radius 2 is 1.92 bits per heavy atom. The molecule has 2 aliphatic rings. The van der Waals surface area contributed by atoms with Crippen LogP contribution in [0.15, 0.2) is 24.4 Å². The normalized spacial score (nSPS) is 18.1. The number of aromatic nitrogens is 2. The molecule has 2 N–H and O–H groups in total. The molecule has 36 heavy (non-hydrogen) atoms. The molecule has 0 atom stereocenters. The van der Waals surface area contributed by atoms with Crippen LogP contribution in [0.1, 0.15) is 55.5 Å². The average molecular weight is 505 g/mol. The molecule has 2 amide bonds. The lowest BCUT2D eigenvalue weighted by Gasteiger charge is -2.34. The second-order valence-electron chi connectivity index (χ2n) is 10.1. The second kappa shape index (κ2) is 9.59. The van der Waals surface area contributed by atoms with Crippen molar-refractivity contribution in [1.29, 1.82) is 0 Å². The summed E-state index contributed by atoms with van der Waals surface area (Å²) in [7, 11) is 3.11. The molecule has 1 aliphatic carbocycles. The monoisotopic (exact) mass is 504 g/mol. The number of amides is 2. The highest BCUT2D eigenvalue weighted by Crippen LogP contribution is 2.40. The van der Waals surface area contributed by atoms with E-state index in [1.165, 1.54) is 31.4 Å². The van der Waals surface area contributed by atoms with Crippen LogP contribution >= 0.6 is 0 Å². The number of benzene rings is 1. The number of hydrogen-bond acceptors (Lipinski definition) is 6. The Kier molecular flexibility index (Phi) is 6.85. The van der Waals surface area contributed by atoms with Crippen molar-refractivity contribution in [1.82, 2.24) is 15.3 Å². The number of hydrogen-bond donors (Lipinski definition) is 2. The average Bonchev–Trinajstić information content (AvgIpc) is 3.34. The molecule has 2 heterocycles. The van der Waals surface area contributed by atoms with E-state index in [-0.39, 0.29) is 34.7 Å². The zero-order valence-electron chi connectivity index (χ0n) is 20.9. The van der Waals surface area contributed by atoms with E-state index in [1.54, 1.807) is 11.9 Å². The number of alkyl halides is 3. The maximum Gasteiger partial charge on any atom is 0.393 e. The number of fused-ring (bicyclic) bond motifs is 1. The summed E-state index contributed by atoms with van der Waals surface area (Å²) >= 11 is 0. The number of halogens is 3. The highest BCUT2D eigenvalue weighted by molar-refractivity contribution is 6.01. The minimum absolute atomic E-state index is 0.0502. The van der Waals surface area contributed by atoms with E-state index in [1.807, 2.05) is 13.8 Å². The summed E-state index contributed by atoms with van der Waals surface area (Å²) in [4.78, 5) is 37.9. The van der Waals surface area contributed by atoms with Crippen molar-refractivity contribution in [2.75, 3.05) is 35.8 Å². The van der Waals surface area contributed by atoms with E-state index >= 15 is 0 Å². The van der Waals surface area contributed by atoms with Gasteiger partial charge in [-0.1, -0.05) is 12.8 Å². The fraction of sp³-hybridized carbons (Fsp3) is 0.520. The minimum Gasteiger partial charge on any atom is -0.355 e. The molecule has 1 aliphatic heterocycles. The molecule has 8 nitrogen and oxygen atoms in total. The number of nitrogens with zero attached hydrogens (tertiary/aromatic N) is 4. The number of rotatable bonds is 5. The minimum atomic E-state index is -4.47. The lowest BCUT2D eigenvalue weighted by Crippen LogP contribution is -2.45. The van der Waals surface area contributed by atoms with Gasteiger partial charge < -0.3 is 20.4 Å². The fourth-order valence-electron chi connectivity index (χ4n) is 5.01. The molecule has 0 bridgehead atoms. The number of carbonyl (C=O) groups is 2. The van der Waals surface area contributed by atoms with Gasteiger partial charge in [0.15, 0.2) is 5.82 Å². The van der Waals surface area contributed by atoms with Gasteiger partial charge in [0.2, 0.25) is 11.9 Å². The molecule has 0 radical (unpaired) electrons. The molecular formula is C25H31F3N6O2. The smallest absolute Gasteiger partial charge is 0.355 e. The largest absolute Gasteiger partial charge is 0.393 e. The first-order valence-corrected chi connectivity index (χ1v) is 12.0. The van der Waals surface area contributed by atoms with Gasteiger partial charge in [-0.25, -0.2) is 4.98 Å². The Bertz CT molecular complexity index is 1160. The van der Waals surface area contributed by atoms with Gasteiger partial charge in [0, 0.05) is 37.9 Å². The van der Waals surface area contributed by atoms with Gasteiger partial charge in [-0.2, -0.15) is 18.2 Å². The van der Waals surface area contributed by atoms with Crippen LogP contribution in [0.25, 0.3) is 0 Å². The Morgan fingerprint density at radius 3 is 2.56 bits per heavy atom. The van der Waals surface area contributed by atoms with Gasteiger partial charge in [-0.3, -0.25) is 9.59 Å². The lowest BCUT2D eigenvalue weighted by atomic mass is 9.91. The van der Waals surface area contributed by atoms with Crippen LogP contribution in [0.4, 0.5) is 36.3 Å². The summed E-state index contributed by atoms with van der Waals surface area (Å²) in [6, 6.07) is 4.31. The van der Waals surface area contributed by atoms with Crippen molar-refractivity contribution < 1.29 is 22.8 Å². The van der Waals surface area contributed by atoms with Crippen LogP contribution in [0.3, 0.4) is 0 Å². The molecule has 2 aromatic rings. The summed E-state index contributed by atoms with van der Waals surface area (Å²) in [5.74, 6) is 0.174. The molecule has 1 aromatic carbocycles. The summed E-state index contributed by atoms with van der Waals surface area (Å²) < 4.78 is 40.0. The predicted molar refractivity (Wildman–Crippen MR) is 132 cm³/mol. The van der Waals surface area contributed by atoms with Gasteiger partial charge in [0.05, 0.1) is 18.0 Å². The van der Waals surface area contributed by atoms with Crippen molar-refractivity contribution in [2.45, 2.75) is 58.2 Å². The zero-order chi connectivity index (χ0) is 26.3. The van der Waals surface area contributed by atoms with Crippen LogP contribution < -0.4 is 20.4 Å². The molecule has 4 rings (SSSR count). The van der Waals surface area contributed by atoms with E-state index in [9.17, 15) is 22.8 Å². The third kappa shape index (κ3) is 5.24. The molecule has 11 heteroatoms. The molecule has 1 saturated carbocycles. The molecule has 0 unspecified atom stereocenters. The molecular weight excluding hydrogens is 473 g/mol. The number of nitrogens with one attached hydrogen (secondary N) is 2. The van der Waals surface area contributed by atoms with E-state index in [2.05, 4.69) is 20.5 Å². The van der Waals surface area contributed by atoms with Crippen LogP contribution in [0.5, 0.6) is 0 Å². The van der Waals surface area contributed by atoms with E-state index in [4.69, 9.17) is 4.98 Å². The summed E-state index contributed by atoms with van der Waals surface area (Å²) in [5.41, 5.74) is 0.101. The van der Waals surface area contributed by atoms with Crippen LogP contribution in [-0.2, 0) is 11.2 Å². The van der Waals surface area contributed by atoms with Gasteiger partial charge in [-0.15, -0.1) is 0 Å². The van der Waals surface area contributed by atoms with Gasteiger partial charge in [0.25, 0.3) is 5.91 Å². The topological polar surface area (TPSA) is 90.5 Å². The lowest BCUT2D eigenvalue weighted by molar-refractivity contribution is -0.127. The molecule has 0 saturated heterocycles. The molecule has 194 valence electrons. The maximum atomic E-state index is 13.3.